The van der Waals surface area contributed by atoms with E-state index < -0.39 is 0 Å². The van der Waals surface area contributed by atoms with Crippen molar-refractivity contribution in [1.82, 2.24) is 24.7 Å². The molecular weight excluding hydrogens is 410 g/mol. The lowest BCUT2D eigenvalue weighted by Gasteiger charge is -2.13. The molecule has 0 amide bonds. The van der Waals surface area contributed by atoms with Crippen LogP contribution in [0.1, 0.15) is 23.6 Å². The molecule has 0 aliphatic heterocycles. The maximum Gasteiger partial charge on any atom is 0.258 e. The van der Waals surface area contributed by atoms with Crippen molar-refractivity contribution >= 4 is 22.7 Å². The Bertz CT molecular complexity index is 1380. The van der Waals surface area contributed by atoms with Crippen molar-refractivity contribution in [3.05, 3.63) is 94.7 Å². The van der Waals surface area contributed by atoms with Gasteiger partial charge >= 0.3 is 0 Å². The summed E-state index contributed by atoms with van der Waals surface area (Å²) in [5.41, 5.74) is 1.66. The molecule has 1 atom stereocenters. The highest BCUT2D eigenvalue weighted by atomic mass is 32.2. The molecule has 3 aromatic heterocycles. The van der Waals surface area contributed by atoms with Crippen molar-refractivity contribution in [2.45, 2.75) is 23.9 Å². The number of H-pyrrole nitrogens is 1. The van der Waals surface area contributed by atoms with Gasteiger partial charge in [-0.15, -0.1) is 10.2 Å². The molecule has 2 aromatic carbocycles. The van der Waals surface area contributed by atoms with Crippen molar-refractivity contribution in [1.29, 1.82) is 0 Å². The van der Waals surface area contributed by atoms with Gasteiger partial charge in [-0.1, -0.05) is 54.2 Å². The van der Waals surface area contributed by atoms with E-state index in [2.05, 4.69) is 32.3 Å². The average molecular weight is 430 g/mol. The molecule has 0 fully saturated rings. The SMILES string of the molecule is C[C@@H](Sc1nnc(-c2ccco2)n1Cc1ccccc1)c1nc2ccccc2c(=O)[nH]1. The number of hydrogen-bond acceptors (Lipinski definition) is 6. The number of hydrogen-bond donors (Lipinski definition) is 1. The maximum absolute atomic E-state index is 12.5. The first-order valence-corrected chi connectivity index (χ1v) is 10.7. The number of nitrogens with one attached hydrogen (secondary N) is 1. The minimum atomic E-state index is -0.143. The quantitative estimate of drug-likeness (QED) is 0.394. The average Bonchev–Trinajstić information content (AvgIpc) is 3.45. The summed E-state index contributed by atoms with van der Waals surface area (Å²) in [7, 11) is 0. The van der Waals surface area contributed by atoms with Gasteiger partial charge in [0.15, 0.2) is 10.9 Å². The molecule has 8 heteroatoms. The maximum atomic E-state index is 12.5. The third kappa shape index (κ3) is 3.89. The Labute approximate surface area is 182 Å². The number of aromatic amines is 1. The van der Waals surface area contributed by atoms with Crippen LogP contribution in [0.15, 0.2) is 87.4 Å². The molecular formula is C23H19N5O2S. The molecule has 0 radical (unpaired) electrons. The minimum Gasteiger partial charge on any atom is -0.461 e. The van der Waals surface area contributed by atoms with E-state index in [9.17, 15) is 4.79 Å². The van der Waals surface area contributed by atoms with Crippen molar-refractivity contribution in [2.24, 2.45) is 0 Å². The molecule has 0 aliphatic rings. The minimum absolute atomic E-state index is 0.138. The lowest BCUT2D eigenvalue weighted by Crippen LogP contribution is -2.13. The Hall–Kier alpha value is -3.65. The molecule has 1 N–H and O–H groups in total. The van der Waals surface area contributed by atoms with Gasteiger partial charge in [0.25, 0.3) is 5.56 Å². The van der Waals surface area contributed by atoms with Crippen LogP contribution >= 0.6 is 11.8 Å². The summed E-state index contributed by atoms with van der Waals surface area (Å²) >= 11 is 1.49. The van der Waals surface area contributed by atoms with Crippen molar-refractivity contribution in [2.75, 3.05) is 0 Å². The molecule has 7 nitrogen and oxygen atoms in total. The van der Waals surface area contributed by atoms with Crippen molar-refractivity contribution in [3.8, 4) is 11.6 Å². The second-order valence-electron chi connectivity index (χ2n) is 7.08. The van der Waals surface area contributed by atoms with Crippen LogP contribution in [-0.2, 0) is 6.54 Å². The summed E-state index contributed by atoms with van der Waals surface area (Å²) in [6, 6.07) is 21.1. The summed E-state index contributed by atoms with van der Waals surface area (Å²) in [4.78, 5) is 20.0. The van der Waals surface area contributed by atoms with Gasteiger partial charge in [0.1, 0.15) is 5.82 Å². The summed E-state index contributed by atoms with van der Waals surface area (Å²) in [5, 5.41) is 9.95. The van der Waals surface area contributed by atoms with Crippen molar-refractivity contribution < 1.29 is 4.42 Å². The number of thioether (sulfide) groups is 1. The normalized spacial score (nSPS) is 12.3. The zero-order valence-corrected chi connectivity index (χ0v) is 17.5. The van der Waals surface area contributed by atoms with E-state index in [-0.39, 0.29) is 10.8 Å². The molecule has 3 heterocycles. The topological polar surface area (TPSA) is 89.6 Å². The van der Waals surface area contributed by atoms with E-state index in [1.54, 1.807) is 12.3 Å². The number of aromatic nitrogens is 5. The molecule has 5 aromatic rings. The molecule has 5 rings (SSSR count). The van der Waals surface area contributed by atoms with Crippen LogP contribution in [0.25, 0.3) is 22.5 Å². The fourth-order valence-corrected chi connectivity index (χ4v) is 4.29. The molecule has 0 spiro atoms. The fourth-order valence-electron chi connectivity index (χ4n) is 3.38. The monoisotopic (exact) mass is 429 g/mol. The van der Waals surface area contributed by atoms with Crippen LogP contribution in [0.2, 0.25) is 0 Å². The Morgan fingerprint density at radius 1 is 1.03 bits per heavy atom. The summed E-state index contributed by atoms with van der Waals surface area (Å²) in [6.07, 6.45) is 1.62. The van der Waals surface area contributed by atoms with E-state index in [0.717, 1.165) is 10.7 Å². The van der Waals surface area contributed by atoms with Gasteiger partial charge < -0.3 is 9.40 Å². The van der Waals surface area contributed by atoms with Crippen LogP contribution < -0.4 is 5.56 Å². The van der Waals surface area contributed by atoms with Gasteiger partial charge in [-0.05, 0) is 36.8 Å². The van der Waals surface area contributed by atoms with Crippen LogP contribution in [0.5, 0.6) is 0 Å². The Morgan fingerprint density at radius 3 is 2.65 bits per heavy atom. The summed E-state index contributed by atoms with van der Waals surface area (Å²) < 4.78 is 7.59. The van der Waals surface area contributed by atoms with Crippen LogP contribution in [0.4, 0.5) is 0 Å². The standard InChI is InChI=1S/C23H19N5O2S/c1-15(20-24-18-11-6-5-10-17(18)22(29)25-20)31-23-27-26-21(19-12-7-13-30-19)28(23)14-16-8-3-2-4-9-16/h2-13,15H,14H2,1H3,(H,24,25,29)/t15-/m1/s1. The highest BCUT2D eigenvalue weighted by Gasteiger charge is 2.21. The number of fused-ring (bicyclic) bond motifs is 1. The predicted octanol–water partition coefficient (Wildman–Crippen LogP) is 4.68. The number of benzene rings is 2. The molecule has 0 aliphatic carbocycles. The molecule has 31 heavy (non-hydrogen) atoms. The zero-order valence-electron chi connectivity index (χ0n) is 16.7. The van der Waals surface area contributed by atoms with E-state index in [1.807, 2.05) is 60.0 Å². The van der Waals surface area contributed by atoms with Crippen LogP contribution in [0, 0.1) is 0 Å². The first kappa shape index (κ1) is 19.3. The van der Waals surface area contributed by atoms with Crippen LogP contribution in [0.3, 0.4) is 0 Å². The lowest BCUT2D eigenvalue weighted by molar-refractivity contribution is 0.569. The number of nitrogens with zero attached hydrogens (tertiary/aromatic N) is 4. The van der Waals surface area contributed by atoms with Crippen molar-refractivity contribution in [3.63, 3.8) is 0 Å². The fraction of sp³-hybridized carbons (Fsp3) is 0.130. The number of furan rings is 1. The van der Waals surface area contributed by atoms with E-state index in [1.165, 1.54) is 11.8 Å². The zero-order chi connectivity index (χ0) is 21.2. The highest BCUT2D eigenvalue weighted by molar-refractivity contribution is 7.99. The van der Waals surface area contributed by atoms with Gasteiger partial charge in [0, 0.05) is 0 Å². The van der Waals surface area contributed by atoms with Gasteiger partial charge in [0.2, 0.25) is 5.82 Å². The Balaban J connectivity index is 1.51. The van der Waals surface area contributed by atoms with E-state index >= 15 is 0 Å². The van der Waals surface area contributed by atoms with Crippen LogP contribution in [-0.4, -0.2) is 24.7 Å². The first-order chi connectivity index (χ1) is 15.2. The van der Waals surface area contributed by atoms with E-state index in [4.69, 9.17) is 4.42 Å². The van der Waals surface area contributed by atoms with Gasteiger partial charge in [-0.2, -0.15) is 0 Å². The van der Waals surface area contributed by atoms with Gasteiger partial charge in [0.05, 0.1) is 29.0 Å². The molecule has 0 saturated heterocycles. The molecule has 0 saturated carbocycles. The molecule has 0 unspecified atom stereocenters. The third-order valence-corrected chi connectivity index (χ3v) is 6.03. The molecule has 0 bridgehead atoms. The second kappa shape index (κ2) is 8.23. The Morgan fingerprint density at radius 2 is 1.84 bits per heavy atom. The summed E-state index contributed by atoms with van der Waals surface area (Å²) in [6.45, 7) is 2.59. The lowest BCUT2D eigenvalue weighted by atomic mass is 10.2. The molecule has 154 valence electrons. The smallest absolute Gasteiger partial charge is 0.258 e. The Kier molecular flexibility index (Phi) is 5.13. The largest absolute Gasteiger partial charge is 0.461 e. The predicted molar refractivity (Wildman–Crippen MR) is 120 cm³/mol. The third-order valence-electron chi connectivity index (χ3n) is 4.94. The first-order valence-electron chi connectivity index (χ1n) is 9.85. The summed E-state index contributed by atoms with van der Waals surface area (Å²) in [5.74, 6) is 1.91. The number of para-hydroxylation sites is 1. The van der Waals surface area contributed by atoms with Gasteiger partial charge in [-0.3, -0.25) is 9.36 Å². The highest BCUT2D eigenvalue weighted by Crippen LogP contribution is 2.34. The van der Waals surface area contributed by atoms with Gasteiger partial charge in [-0.25, -0.2) is 4.98 Å². The number of rotatable bonds is 6. The second-order valence-corrected chi connectivity index (χ2v) is 8.39. The van der Waals surface area contributed by atoms with E-state index in [0.29, 0.717) is 34.9 Å².